The van der Waals surface area contributed by atoms with E-state index >= 15 is 0 Å². The van der Waals surface area contributed by atoms with Crippen molar-refractivity contribution in [3.63, 3.8) is 0 Å². The number of Topliss-reactive ketones (excluding diaryl/α,β-unsaturated/α-hetero) is 1. The van der Waals surface area contributed by atoms with Crippen molar-refractivity contribution in [3.05, 3.63) is 108 Å². The first-order chi connectivity index (χ1) is 14.1. The summed E-state index contributed by atoms with van der Waals surface area (Å²) >= 11 is 0. The van der Waals surface area contributed by atoms with Crippen LogP contribution in [0.2, 0.25) is 0 Å². The van der Waals surface area contributed by atoms with E-state index < -0.39 is 5.97 Å². The molecule has 0 spiro atoms. The Bertz CT molecular complexity index is 1180. The van der Waals surface area contributed by atoms with Gasteiger partial charge in [0, 0.05) is 28.3 Å². The summed E-state index contributed by atoms with van der Waals surface area (Å²) in [6.45, 7) is 0. The summed E-state index contributed by atoms with van der Waals surface area (Å²) in [6.07, 6.45) is -0.000188. The van der Waals surface area contributed by atoms with Crippen LogP contribution in [-0.2, 0) is 6.42 Å². The Hall–Kier alpha value is -3.92. The van der Waals surface area contributed by atoms with E-state index in [2.05, 4.69) is 0 Å². The summed E-state index contributed by atoms with van der Waals surface area (Å²) in [7, 11) is 0. The van der Waals surface area contributed by atoms with E-state index in [0.717, 1.165) is 0 Å². The minimum Gasteiger partial charge on any atom is -0.507 e. The summed E-state index contributed by atoms with van der Waals surface area (Å²) in [5.74, 6) is -0.320. The smallest absolute Gasteiger partial charge is 0.343 e. The molecule has 142 valence electrons. The zero-order valence-corrected chi connectivity index (χ0v) is 15.5. The van der Waals surface area contributed by atoms with Gasteiger partial charge in [-0.25, -0.2) is 4.79 Å². The van der Waals surface area contributed by atoms with Gasteiger partial charge < -0.3 is 9.84 Å². The SMILES string of the molecule is O=C(Cc1cc(O)c2ccccc2c1OC(=O)c1ccccc1)c1ccccc1. The van der Waals surface area contributed by atoms with Crippen LogP contribution in [0, 0.1) is 0 Å². The molecule has 0 atom stereocenters. The van der Waals surface area contributed by atoms with Crippen LogP contribution < -0.4 is 4.74 Å². The van der Waals surface area contributed by atoms with Gasteiger partial charge in [-0.05, 0) is 18.2 Å². The number of aromatic hydroxyl groups is 1. The fourth-order valence-electron chi connectivity index (χ4n) is 3.26. The predicted molar refractivity (Wildman–Crippen MR) is 111 cm³/mol. The Morgan fingerprint density at radius 3 is 1.93 bits per heavy atom. The van der Waals surface area contributed by atoms with Crippen molar-refractivity contribution in [1.82, 2.24) is 0 Å². The van der Waals surface area contributed by atoms with Gasteiger partial charge in [0.2, 0.25) is 0 Å². The van der Waals surface area contributed by atoms with Crippen LogP contribution >= 0.6 is 0 Å². The second-order valence-electron chi connectivity index (χ2n) is 6.65. The maximum absolute atomic E-state index is 12.7. The summed E-state index contributed by atoms with van der Waals surface area (Å²) < 4.78 is 5.73. The molecule has 4 aromatic carbocycles. The zero-order valence-electron chi connectivity index (χ0n) is 15.5. The van der Waals surface area contributed by atoms with Gasteiger partial charge in [0.05, 0.1) is 5.56 Å². The van der Waals surface area contributed by atoms with Crippen LogP contribution in [0.3, 0.4) is 0 Å². The number of ketones is 1. The molecule has 0 fully saturated rings. The van der Waals surface area contributed by atoms with Crippen LogP contribution in [-0.4, -0.2) is 16.9 Å². The summed E-state index contributed by atoms with van der Waals surface area (Å²) in [5, 5.41) is 11.6. The van der Waals surface area contributed by atoms with E-state index in [4.69, 9.17) is 4.74 Å². The van der Waals surface area contributed by atoms with E-state index in [0.29, 0.717) is 27.5 Å². The third kappa shape index (κ3) is 3.87. The van der Waals surface area contributed by atoms with Crippen LogP contribution in [0.1, 0.15) is 26.3 Å². The van der Waals surface area contributed by atoms with Gasteiger partial charge >= 0.3 is 5.97 Å². The molecule has 4 nitrogen and oxygen atoms in total. The quantitative estimate of drug-likeness (QED) is 0.293. The Morgan fingerprint density at radius 2 is 1.28 bits per heavy atom. The van der Waals surface area contributed by atoms with Crippen molar-refractivity contribution in [2.24, 2.45) is 0 Å². The number of hydrogen-bond donors (Lipinski definition) is 1. The minimum absolute atomic E-state index is 0.000188. The number of esters is 1. The van der Waals surface area contributed by atoms with E-state index in [1.165, 1.54) is 6.07 Å². The molecule has 4 rings (SSSR count). The zero-order chi connectivity index (χ0) is 20.2. The monoisotopic (exact) mass is 382 g/mol. The highest BCUT2D eigenvalue weighted by Gasteiger charge is 2.19. The number of benzene rings is 4. The van der Waals surface area contributed by atoms with Gasteiger partial charge in [0.1, 0.15) is 11.5 Å². The number of fused-ring (bicyclic) bond motifs is 1. The Morgan fingerprint density at radius 1 is 0.724 bits per heavy atom. The van der Waals surface area contributed by atoms with E-state index in [9.17, 15) is 14.7 Å². The van der Waals surface area contributed by atoms with Gasteiger partial charge in [-0.3, -0.25) is 4.79 Å². The minimum atomic E-state index is -0.519. The van der Waals surface area contributed by atoms with Crippen molar-refractivity contribution < 1.29 is 19.4 Å². The highest BCUT2D eigenvalue weighted by atomic mass is 16.5. The molecule has 0 aliphatic carbocycles. The lowest BCUT2D eigenvalue weighted by atomic mass is 9.98. The number of rotatable bonds is 5. The first kappa shape index (κ1) is 18.4. The molecular formula is C25H18O4. The van der Waals surface area contributed by atoms with Crippen LogP contribution in [0.5, 0.6) is 11.5 Å². The first-order valence-corrected chi connectivity index (χ1v) is 9.22. The number of phenols is 1. The lowest BCUT2D eigenvalue weighted by Crippen LogP contribution is -2.12. The van der Waals surface area contributed by atoms with Crippen molar-refractivity contribution in [2.75, 3.05) is 0 Å². The molecule has 0 aromatic heterocycles. The second-order valence-corrected chi connectivity index (χ2v) is 6.65. The molecule has 0 saturated heterocycles. The Labute approximate surface area is 168 Å². The van der Waals surface area contributed by atoms with Gasteiger partial charge in [0.25, 0.3) is 0 Å². The van der Waals surface area contributed by atoms with Gasteiger partial charge in [-0.1, -0.05) is 72.8 Å². The van der Waals surface area contributed by atoms with Crippen molar-refractivity contribution in [3.8, 4) is 11.5 Å². The molecule has 0 radical (unpaired) electrons. The second kappa shape index (κ2) is 7.98. The molecule has 0 amide bonds. The van der Waals surface area contributed by atoms with Gasteiger partial charge in [-0.2, -0.15) is 0 Å². The summed E-state index contributed by atoms with van der Waals surface area (Å²) in [6, 6.07) is 26.1. The van der Waals surface area contributed by atoms with Crippen molar-refractivity contribution in [2.45, 2.75) is 6.42 Å². The van der Waals surface area contributed by atoms with Gasteiger partial charge in [0.15, 0.2) is 5.78 Å². The lowest BCUT2D eigenvalue weighted by Gasteiger charge is -2.14. The molecule has 0 aliphatic rings. The highest BCUT2D eigenvalue weighted by molar-refractivity contribution is 6.02. The fourth-order valence-corrected chi connectivity index (χ4v) is 3.26. The average Bonchev–Trinajstić information content (AvgIpc) is 2.77. The average molecular weight is 382 g/mol. The number of hydrogen-bond acceptors (Lipinski definition) is 4. The Kier molecular flexibility index (Phi) is 5.08. The molecule has 0 unspecified atom stereocenters. The van der Waals surface area contributed by atoms with Crippen molar-refractivity contribution >= 4 is 22.5 Å². The van der Waals surface area contributed by atoms with Crippen LogP contribution in [0.15, 0.2) is 91.0 Å². The van der Waals surface area contributed by atoms with Gasteiger partial charge in [-0.15, -0.1) is 0 Å². The third-order valence-electron chi connectivity index (χ3n) is 4.70. The largest absolute Gasteiger partial charge is 0.507 e. The van der Waals surface area contributed by atoms with E-state index in [1.54, 1.807) is 72.8 Å². The standard InChI is InChI=1S/C25H18O4/c26-22(17-9-3-1-4-10-17)15-19-16-23(27)20-13-7-8-14-21(20)24(19)29-25(28)18-11-5-2-6-12-18/h1-14,16,27H,15H2. The molecule has 0 heterocycles. The summed E-state index contributed by atoms with van der Waals surface area (Å²) in [5.41, 5.74) is 1.42. The maximum atomic E-state index is 12.7. The van der Waals surface area contributed by atoms with Crippen LogP contribution in [0.4, 0.5) is 0 Å². The molecule has 0 aliphatic heterocycles. The van der Waals surface area contributed by atoms with E-state index in [1.807, 2.05) is 12.1 Å². The fraction of sp³-hybridized carbons (Fsp3) is 0.0400. The molecular weight excluding hydrogens is 364 g/mol. The number of carbonyl (C=O) groups excluding carboxylic acids is 2. The topological polar surface area (TPSA) is 63.6 Å². The highest BCUT2D eigenvalue weighted by Crippen LogP contribution is 2.37. The number of phenolic OH excluding ortho intramolecular Hbond substituents is 1. The third-order valence-corrected chi connectivity index (χ3v) is 4.70. The van der Waals surface area contributed by atoms with Crippen LogP contribution in [0.25, 0.3) is 10.8 Å². The molecule has 29 heavy (non-hydrogen) atoms. The first-order valence-electron chi connectivity index (χ1n) is 9.22. The number of carbonyl (C=O) groups is 2. The normalized spacial score (nSPS) is 10.6. The lowest BCUT2D eigenvalue weighted by molar-refractivity contribution is 0.0733. The maximum Gasteiger partial charge on any atom is 0.343 e. The summed E-state index contributed by atoms with van der Waals surface area (Å²) in [4.78, 5) is 25.4. The molecule has 1 N–H and O–H groups in total. The van der Waals surface area contributed by atoms with Crippen molar-refractivity contribution in [1.29, 1.82) is 0 Å². The molecule has 4 heteroatoms. The molecule has 0 saturated carbocycles. The number of ether oxygens (including phenoxy) is 1. The predicted octanol–water partition coefficient (Wildman–Crippen LogP) is 5.19. The molecule has 4 aromatic rings. The molecule has 0 bridgehead atoms. The van der Waals surface area contributed by atoms with E-state index in [-0.39, 0.29) is 23.7 Å². The Balaban J connectivity index is 1.78.